The Morgan fingerprint density at radius 2 is 1.86 bits per heavy atom. The van der Waals surface area contributed by atoms with Gasteiger partial charge in [-0.3, -0.25) is 4.79 Å². The van der Waals surface area contributed by atoms with Gasteiger partial charge in [-0.05, 0) is 60.6 Å². The largest absolute Gasteiger partial charge is 0.540 e. The fourth-order valence-electron chi connectivity index (χ4n) is 4.47. The molecule has 1 fully saturated rings. The first-order valence-corrected chi connectivity index (χ1v) is 10.7. The fourth-order valence-corrected chi connectivity index (χ4v) is 5.11. The lowest BCUT2D eigenvalue weighted by atomic mass is 9.52. The highest BCUT2D eigenvalue weighted by Gasteiger charge is 2.50. The Hall–Kier alpha value is -0.573. The number of hydrogen-bond acceptors (Lipinski definition) is 2. The van der Waals surface area contributed by atoms with Crippen molar-refractivity contribution in [1.29, 1.82) is 0 Å². The minimum Gasteiger partial charge on any atom is -0.540 e. The van der Waals surface area contributed by atoms with Crippen molar-refractivity contribution >= 4 is 14.8 Å². The number of rotatable bonds is 2. The Bertz CT molecular complexity index is 458. The molecular weight excluding hydrogens is 276 g/mol. The Morgan fingerprint density at radius 3 is 2.38 bits per heavy atom. The Labute approximate surface area is 132 Å². The third-order valence-corrected chi connectivity index (χ3v) is 6.43. The van der Waals surface area contributed by atoms with E-state index in [1.807, 2.05) is 0 Å². The second kappa shape index (κ2) is 5.57. The third-order valence-electron chi connectivity index (χ3n) is 5.82. The topological polar surface area (TPSA) is 26.3 Å². The second-order valence-electron chi connectivity index (χ2n) is 8.46. The lowest BCUT2D eigenvalue weighted by Gasteiger charge is -2.52. The number of hydrogen-bond donors (Lipinski definition) is 0. The number of ketones is 1. The number of Topliss-reactive ketones (excluding diaryl/α,β-unsaturated/α-hetero) is 1. The molecule has 0 aromatic heterocycles. The van der Waals surface area contributed by atoms with Crippen LogP contribution in [0.25, 0.3) is 0 Å². The molecule has 0 bridgehead atoms. The minimum absolute atomic E-state index is 0.150. The zero-order chi connectivity index (χ0) is 16.0. The maximum Gasteiger partial charge on any atom is 0.274 e. The fraction of sp³-hybridized carbons (Fsp3) is 0.833. The van der Waals surface area contributed by atoms with Crippen LogP contribution in [0.15, 0.2) is 11.3 Å². The molecule has 1 radical (unpaired) electrons. The average Bonchev–Trinajstić information content (AvgIpc) is 2.34. The Kier molecular flexibility index (Phi) is 4.45. The summed E-state index contributed by atoms with van der Waals surface area (Å²) in [5.41, 5.74) is 1.82. The van der Waals surface area contributed by atoms with Crippen LogP contribution in [-0.4, -0.2) is 14.8 Å². The molecule has 119 valence electrons. The van der Waals surface area contributed by atoms with E-state index in [4.69, 9.17) is 4.43 Å². The molecule has 2 rings (SSSR count). The molecular formula is C18H31O2Si. The van der Waals surface area contributed by atoms with E-state index in [-0.39, 0.29) is 11.2 Å². The highest BCUT2D eigenvalue weighted by atomic mass is 28.3. The summed E-state index contributed by atoms with van der Waals surface area (Å²) in [6, 6.07) is 0. The van der Waals surface area contributed by atoms with E-state index >= 15 is 0 Å². The number of allylic oxidation sites excluding steroid dienone is 2. The molecule has 0 amide bonds. The first-order chi connectivity index (χ1) is 9.57. The predicted octanol–water partition coefficient (Wildman–Crippen LogP) is 4.97. The molecule has 0 spiro atoms. The summed E-state index contributed by atoms with van der Waals surface area (Å²) < 4.78 is 6.04. The molecule has 3 atom stereocenters. The van der Waals surface area contributed by atoms with Crippen molar-refractivity contribution in [3.63, 3.8) is 0 Å². The lowest BCUT2D eigenvalue weighted by Crippen LogP contribution is -2.45. The van der Waals surface area contributed by atoms with Crippen molar-refractivity contribution in [3.05, 3.63) is 11.3 Å². The van der Waals surface area contributed by atoms with Crippen LogP contribution in [0.4, 0.5) is 0 Å². The zero-order valence-electron chi connectivity index (χ0n) is 14.8. The Morgan fingerprint density at radius 1 is 1.24 bits per heavy atom. The standard InChI is InChI=1S/C18H31O2Si/c1-12-13(17(2,3)4)8-9-14-16(20-21(6)7)15(19)10-11-18(12,14)5/h12-13H,8-11H2,1-7H3/t12-,13+,18-/m1/s1. The van der Waals surface area contributed by atoms with Gasteiger partial charge in [0, 0.05) is 6.42 Å². The van der Waals surface area contributed by atoms with Gasteiger partial charge in [0.05, 0.1) is 0 Å². The molecule has 2 aliphatic carbocycles. The molecule has 0 unspecified atom stereocenters. The van der Waals surface area contributed by atoms with Crippen LogP contribution in [0.1, 0.15) is 60.3 Å². The number of carbonyl (C=O) groups is 1. The van der Waals surface area contributed by atoms with Gasteiger partial charge in [0.15, 0.2) is 5.78 Å². The quantitative estimate of drug-likeness (QED) is 0.673. The minimum atomic E-state index is -0.880. The summed E-state index contributed by atoms with van der Waals surface area (Å²) in [6.07, 6.45) is 3.88. The summed E-state index contributed by atoms with van der Waals surface area (Å²) in [5, 5.41) is 0. The van der Waals surface area contributed by atoms with E-state index in [1.54, 1.807) is 0 Å². The zero-order valence-corrected chi connectivity index (χ0v) is 15.8. The summed E-state index contributed by atoms with van der Waals surface area (Å²) in [6.45, 7) is 16.1. The molecule has 0 aliphatic heterocycles. The normalized spacial score (nSPS) is 34.2. The lowest BCUT2D eigenvalue weighted by molar-refractivity contribution is -0.120. The predicted molar refractivity (Wildman–Crippen MR) is 89.3 cm³/mol. The molecule has 3 heteroatoms. The highest BCUT2D eigenvalue weighted by molar-refractivity contribution is 6.49. The number of fused-ring (bicyclic) bond motifs is 1. The Balaban J connectivity index is 2.42. The molecule has 0 N–H and O–H groups in total. The molecule has 0 heterocycles. The van der Waals surface area contributed by atoms with Crippen LogP contribution in [0.5, 0.6) is 0 Å². The molecule has 0 saturated heterocycles. The van der Waals surface area contributed by atoms with Crippen molar-refractivity contribution in [3.8, 4) is 0 Å². The summed E-state index contributed by atoms with van der Waals surface area (Å²) in [7, 11) is -0.880. The van der Waals surface area contributed by atoms with Gasteiger partial charge in [-0.15, -0.1) is 0 Å². The molecule has 0 aromatic carbocycles. The van der Waals surface area contributed by atoms with Gasteiger partial charge in [0.2, 0.25) is 0 Å². The van der Waals surface area contributed by atoms with Gasteiger partial charge in [0.1, 0.15) is 5.76 Å². The van der Waals surface area contributed by atoms with E-state index in [2.05, 4.69) is 47.7 Å². The van der Waals surface area contributed by atoms with Gasteiger partial charge >= 0.3 is 0 Å². The van der Waals surface area contributed by atoms with E-state index in [0.29, 0.717) is 23.7 Å². The van der Waals surface area contributed by atoms with Gasteiger partial charge in [-0.1, -0.05) is 34.6 Å². The van der Waals surface area contributed by atoms with Crippen LogP contribution in [0.2, 0.25) is 13.1 Å². The summed E-state index contributed by atoms with van der Waals surface area (Å²) in [5.74, 6) is 2.32. The van der Waals surface area contributed by atoms with E-state index in [9.17, 15) is 4.79 Å². The van der Waals surface area contributed by atoms with Gasteiger partial charge in [-0.25, -0.2) is 0 Å². The van der Waals surface area contributed by atoms with Crippen LogP contribution < -0.4 is 0 Å². The highest BCUT2D eigenvalue weighted by Crippen LogP contribution is 2.57. The molecule has 2 nitrogen and oxygen atoms in total. The number of carbonyl (C=O) groups excluding carboxylic acids is 1. The summed E-state index contributed by atoms with van der Waals surface area (Å²) >= 11 is 0. The van der Waals surface area contributed by atoms with Crippen molar-refractivity contribution in [2.75, 3.05) is 0 Å². The monoisotopic (exact) mass is 307 g/mol. The van der Waals surface area contributed by atoms with Gasteiger partial charge < -0.3 is 4.43 Å². The van der Waals surface area contributed by atoms with Crippen LogP contribution in [-0.2, 0) is 9.22 Å². The first-order valence-electron chi connectivity index (χ1n) is 8.32. The van der Waals surface area contributed by atoms with Crippen molar-refractivity contribution in [2.24, 2.45) is 22.7 Å². The first kappa shape index (κ1) is 16.8. The second-order valence-corrected chi connectivity index (χ2v) is 10.5. The summed E-state index contributed by atoms with van der Waals surface area (Å²) in [4.78, 5) is 12.3. The van der Waals surface area contributed by atoms with Crippen LogP contribution >= 0.6 is 0 Å². The SMILES string of the molecule is C[C@@H]1[C@@H](C(C)(C)C)CCC2=C(O[Si](C)C)C(=O)CC[C@@]21C. The van der Waals surface area contributed by atoms with E-state index in [1.165, 1.54) is 12.0 Å². The van der Waals surface area contributed by atoms with E-state index in [0.717, 1.165) is 18.6 Å². The van der Waals surface area contributed by atoms with E-state index < -0.39 is 9.04 Å². The molecule has 2 aliphatic rings. The third kappa shape index (κ3) is 2.99. The maximum absolute atomic E-state index is 12.3. The molecule has 21 heavy (non-hydrogen) atoms. The average molecular weight is 308 g/mol. The molecule has 1 saturated carbocycles. The van der Waals surface area contributed by atoms with Crippen LogP contribution in [0, 0.1) is 22.7 Å². The molecule has 0 aromatic rings. The van der Waals surface area contributed by atoms with Gasteiger partial charge in [0.25, 0.3) is 9.04 Å². The van der Waals surface area contributed by atoms with Crippen LogP contribution in [0.3, 0.4) is 0 Å². The smallest absolute Gasteiger partial charge is 0.274 e. The van der Waals surface area contributed by atoms with Crippen molar-refractivity contribution < 1.29 is 9.22 Å². The van der Waals surface area contributed by atoms with Crippen molar-refractivity contribution in [2.45, 2.75) is 73.4 Å². The maximum atomic E-state index is 12.3. The van der Waals surface area contributed by atoms with Gasteiger partial charge in [-0.2, -0.15) is 0 Å². The van der Waals surface area contributed by atoms with Crippen molar-refractivity contribution in [1.82, 2.24) is 0 Å².